The fourth-order valence-corrected chi connectivity index (χ4v) is 7.16. The van der Waals surface area contributed by atoms with Crippen molar-refractivity contribution in [1.29, 1.82) is 0 Å². The molecule has 1 fully saturated rings. The number of benzene rings is 2. The Labute approximate surface area is 261 Å². The number of aryl methyl sites for hydroxylation is 1. The maximum atomic E-state index is 12.1. The molecule has 1 atom stereocenters. The molecule has 0 aliphatic heterocycles. The predicted molar refractivity (Wildman–Crippen MR) is 173 cm³/mol. The van der Waals surface area contributed by atoms with Gasteiger partial charge >= 0.3 is 5.97 Å². The van der Waals surface area contributed by atoms with Crippen molar-refractivity contribution in [3.05, 3.63) is 98.9 Å². The van der Waals surface area contributed by atoms with Crippen LogP contribution in [0.15, 0.2) is 65.1 Å². The zero-order valence-corrected chi connectivity index (χ0v) is 26.4. The van der Waals surface area contributed by atoms with Crippen molar-refractivity contribution in [2.45, 2.75) is 56.8 Å². The van der Waals surface area contributed by atoms with E-state index in [9.17, 15) is 9.90 Å². The molecule has 0 radical (unpaired) electrons. The number of fused-ring (bicyclic) bond motifs is 1. The Morgan fingerprint density at radius 2 is 1.93 bits per heavy atom. The molecule has 5 nitrogen and oxygen atoms in total. The number of carbonyl (C=O) groups excluding carboxylic acids is 1. The minimum atomic E-state index is -0.911. The predicted octanol–water partition coefficient (Wildman–Crippen LogP) is 9.28. The van der Waals surface area contributed by atoms with Crippen LogP contribution in [0.5, 0.6) is 0 Å². The molecule has 1 unspecified atom stereocenters. The van der Waals surface area contributed by atoms with Gasteiger partial charge in [-0.2, -0.15) is 11.8 Å². The Bertz CT molecular complexity index is 1600. The van der Waals surface area contributed by atoms with Gasteiger partial charge in [0.05, 0.1) is 24.8 Å². The van der Waals surface area contributed by atoms with Crippen LogP contribution < -0.4 is 0 Å². The molecular formula is C34H35Cl2NO4S. The van der Waals surface area contributed by atoms with E-state index in [1.807, 2.05) is 68.1 Å². The molecule has 4 aromatic rings. The van der Waals surface area contributed by atoms with E-state index in [2.05, 4.69) is 35.3 Å². The summed E-state index contributed by atoms with van der Waals surface area (Å²) in [6.07, 6.45) is 8.30. The van der Waals surface area contributed by atoms with Gasteiger partial charge in [-0.1, -0.05) is 66.2 Å². The lowest BCUT2D eigenvalue weighted by Crippen LogP contribution is -2.18. The van der Waals surface area contributed by atoms with E-state index in [1.165, 1.54) is 12.7 Å². The van der Waals surface area contributed by atoms with Gasteiger partial charge in [0.1, 0.15) is 10.5 Å². The molecule has 220 valence electrons. The van der Waals surface area contributed by atoms with Gasteiger partial charge in [0, 0.05) is 11.0 Å². The smallest absolute Gasteiger partial charge is 0.306 e. The van der Waals surface area contributed by atoms with Gasteiger partial charge in [-0.3, -0.25) is 4.79 Å². The minimum absolute atomic E-state index is 0.0279. The number of thioether (sulfide) groups is 1. The molecule has 5 rings (SSSR count). The van der Waals surface area contributed by atoms with Crippen LogP contribution in [-0.4, -0.2) is 28.9 Å². The normalized spacial score (nSPS) is 15.3. The van der Waals surface area contributed by atoms with Crippen LogP contribution in [0.2, 0.25) is 10.2 Å². The number of carbonyl (C=O) groups is 1. The van der Waals surface area contributed by atoms with Crippen LogP contribution in [0.25, 0.3) is 23.3 Å². The maximum absolute atomic E-state index is 12.1. The van der Waals surface area contributed by atoms with E-state index in [-0.39, 0.29) is 21.9 Å². The van der Waals surface area contributed by atoms with Crippen LogP contribution in [0, 0.1) is 5.41 Å². The fraction of sp³-hybridized carbons (Fsp3) is 0.353. The molecule has 0 spiro atoms. The highest BCUT2D eigenvalue weighted by molar-refractivity contribution is 7.99. The van der Waals surface area contributed by atoms with Crippen LogP contribution in [-0.2, 0) is 21.6 Å². The van der Waals surface area contributed by atoms with Crippen molar-refractivity contribution in [1.82, 2.24) is 4.98 Å². The summed E-state index contributed by atoms with van der Waals surface area (Å²) in [5.74, 6) is 0.763. The van der Waals surface area contributed by atoms with Crippen molar-refractivity contribution in [2.75, 3.05) is 12.9 Å². The first-order chi connectivity index (χ1) is 20.1. The lowest BCUT2D eigenvalue weighted by atomic mass is 9.90. The van der Waals surface area contributed by atoms with Gasteiger partial charge in [-0.25, -0.2) is 4.98 Å². The number of aromatic nitrogens is 1. The number of halogens is 2. The van der Waals surface area contributed by atoms with E-state index in [0.29, 0.717) is 22.5 Å². The second-order valence-electron chi connectivity index (χ2n) is 11.6. The number of hydrogen-bond donors (Lipinski definition) is 1. The first-order valence-corrected chi connectivity index (χ1v) is 15.9. The number of hydrogen-bond acceptors (Lipinski definition) is 6. The van der Waals surface area contributed by atoms with E-state index in [0.717, 1.165) is 53.8 Å². The van der Waals surface area contributed by atoms with Crippen molar-refractivity contribution in [2.24, 2.45) is 5.41 Å². The first kappa shape index (κ1) is 30.7. The van der Waals surface area contributed by atoms with Crippen molar-refractivity contribution in [3.8, 4) is 0 Å². The van der Waals surface area contributed by atoms with Gasteiger partial charge in [-0.05, 0) is 97.0 Å². The molecular weight excluding hydrogens is 589 g/mol. The van der Waals surface area contributed by atoms with E-state index >= 15 is 0 Å². The Hall–Kier alpha value is -2.77. The summed E-state index contributed by atoms with van der Waals surface area (Å²) >= 11 is 14.2. The van der Waals surface area contributed by atoms with Gasteiger partial charge < -0.3 is 14.3 Å². The highest BCUT2D eigenvalue weighted by Gasteiger charge is 2.45. The summed E-state index contributed by atoms with van der Waals surface area (Å²) < 4.78 is 10.4. The molecule has 1 aliphatic rings. The molecule has 2 heterocycles. The number of esters is 1. The largest absolute Gasteiger partial charge is 0.469 e. The lowest BCUT2D eigenvalue weighted by molar-refractivity contribution is -0.141. The summed E-state index contributed by atoms with van der Waals surface area (Å²) in [6.45, 7) is 3.67. The number of methoxy groups -OCH3 is 1. The maximum Gasteiger partial charge on any atom is 0.306 e. The van der Waals surface area contributed by atoms with E-state index < -0.39 is 5.60 Å². The number of nitrogens with zero attached hydrogens (tertiary/aromatic N) is 1. The van der Waals surface area contributed by atoms with Crippen molar-refractivity contribution in [3.63, 3.8) is 0 Å². The zero-order valence-electron chi connectivity index (χ0n) is 24.0. The second-order valence-corrected chi connectivity index (χ2v) is 13.5. The molecule has 2 aromatic heterocycles. The molecule has 0 amide bonds. The Balaban J connectivity index is 1.37. The van der Waals surface area contributed by atoms with Crippen molar-refractivity contribution >= 4 is 64.2 Å². The third-order valence-corrected chi connectivity index (χ3v) is 10.2. The summed E-state index contributed by atoms with van der Waals surface area (Å²) in [5, 5.41) is 11.4. The molecule has 1 aliphatic carbocycles. The fourth-order valence-electron chi connectivity index (χ4n) is 5.25. The number of pyridine rings is 1. The average molecular weight is 625 g/mol. The van der Waals surface area contributed by atoms with Crippen LogP contribution in [0.4, 0.5) is 0 Å². The summed E-state index contributed by atoms with van der Waals surface area (Å²) in [6, 6.07) is 20.4. The first-order valence-electron chi connectivity index (χ1n) is 14.1. The van der Waals surface area contributed by atoms with Gasteiger partial charge in [0.25, 0.3) is 0 Å². The van der Waals surface area contributed by atoms with Gasteiger partial charge in [0.15, 0.2) is 5.58 Å². The zero-order chi connectivity index (χ0) is 29.9. The second kappa shape index (κ2) is 12.8. The number of furan rings is 1. The average Bonchev–Trinajstić information content (AvgIpc) is 3.68. The molecule has 2 aromatic carbocycles. The molecule has 0 bridgehead atoms. The topological polar surface area (TPSA) is 72.6 Å². The molecule has 0 saturated heterocycles. The highest BCUT2D eigenvalue weighted by Crippen LogP contribution is 2.53. The molecule has 1 saturated carbocycles. The molecule has 1 N–H and O–H groups in total. The van der Waals surface area contributed by atoms with E-state index in [4.69, 9.17) is 32.4 Å². The quantitative estimate of drug-likeness (QED) is 0.158. The van der Waals surface area contributed by atoms with Crippen LogP contribution >= 0.6 is 35.0 Å². The number of aliphatic hydroxyl groups is 1. The third kappa shape index (κ3) is 7.41. The van der Waals surface area contributed by atoms with Gasteiger partial charge in [-0.15, -0.1) is 0 Å². The minimum Gasteiger partial charge on any atom is -0.469 e. The molecule has 8 heteroatoms. The number of rotatable bonds is 12. The van der Waals surface area contributed by atoms with Crippen molar-refractivity contribution < 1.29 is 19.1 Å². The summed E-state index contributed by atoms with van der Waals surface area (Å²) in [4.78, 5) is 16.7. The highest BCUT2D eigenvalue weighted by atomic mass is 35.5. The Kier molecular flexibility index (Phi) is 9.38. The summed E-state index contributed by atoms with van der Waals surface area (Å²) in [7, 11) is 1.46. The molecule has 42 heavy (non-hydrogen) atoms. The summed E-state index contributed by atoms with van der Waals surface area (Å²) in [5.41, 5.74) is 5.36. The van der Waals surface area contributed by atoms with Gasteiger partial charge in [0.2, 0.25) is 5.22 Å². The lowest BCUT2D eigenvalue weighted by Gasteiger charge is -2.24. The third-order valence-electron chi connectivity index (χ3n) is 7.84. The monoisotopic (exact) mass is 623 g/mol. The Morgan fingerprint density at radius 3 is 2.67 bits per heavy atom. The Morgan fingerprint density at radius 1 is 1.14 bits per heavy atom. The van der Waals surface area contributed by atoms with Crippen LogP contribution in [0.3, 0.4) is 0 Å². The van der Waals surface area contributed by atoms with E-state index in [1.54, 1.807) is 0 Å². The SMILES string of the molecule is COC(=O)CC1(CSC(CCc2ccccc2C(C)(C)O)c2cccc(/C=C/c3ccc4oc(Cl)c(Cl)c4n3)c2)CC1. The standard InChI is InChI=1S/C34H35Cl2NO4S/c1-33(2,39)26-10-5-4-8-23(26)12-16-28(42-21-34(17-18-34)20-29(38)40-3)24-9-6-7-22(19-24)11-13-25-14-15-27-31(37-25)30(35)32(36)41-27/h4-11,13-15,19,28,39H,12,16-18,20-21H2,1-3H3/b13-11+. The number of ether oxygens (including phenoxy) is 1. The van der Waals surface area contributed by atoms with Crippen LogP contribution in [0.1, 0.15) is 72.7 Å².